The van der Waals surface area contributed by atoms with Crippen molar-refractivity contribution in [1.29, 1.82) is 0 Å². The minimum absolute atomic E-state index is 0.0355. The van der Waals surface area contributed by atoms with Crippen LogP contribution in [0.25, 0.3) is 5.57 Å². The molecule has 0 aromatic heterocycles. The second kappa shape index (κ2) is 4.59. The summed E-state index contributed by atoms with van der Waals surface area (Å²) in [6.45, 7) is 6.55. The van der Waals surface area contributed by atoms with Crippen molar-refractivity contribution in [3.63, 3.8) is 0 Å². The molecule has 0 amide bonds. The third-order valence-corrected chi connectivity index (χ3v) is 3.86. The Hall–Kier alpha value is -1.89. The smallest absolute Gasteiger partial charge is 0.166 e. The minimum atomic E-state index is -0.0355. The van der Waals surface area contributed by atoms with E-state index in [1.165, 1.54) is 5.57 Å². The number of carbonyl (C=O) groups is 1. The van der Waals surface area contributed by atoms with Gasteiger partial charge in [-0.15, -0.1) is 0 Å². The molecule has 2 aliphatic rings. The van der Waals surface area contributed by atoms with Gasteiger partial charge in [-0.25, -0.2) is 0 Å². The molecule has 0 fully saturated rings. The molecule has 1 nitrogen and oxygen atoms in total. The number of hydrogen-bond donors (Lipinski definition) is 0. The normalized spacial score (nSPS) is 27.1. The molecule has 3 rings (SSSR count). The highest BCUT2D eigenvalue weighted by Gasteiger charge is 2.37. The van der Waals surface area contributed by atoms with Gasteiger partial charge in [0.1, 0.15) is 0 Å². The Morgan fingerprint density at radius 2 is 1.65 bits per heavy atom. The van der Waals surface area contributed by atoms with Gasteiger partial charge in [0.25, 0.3) is 0 Å². The molecule has 0 aliphatic heterocycles. The van der Waals surface area contributed by atoms with Crippen molar-refractivity contribution >= 4 is 11.4 Å². The van der Waals surface area contributed by atoms with Crippen molar-refractivity contribution in [3.8, 4) is 0 Å². The number of carbonyl (C=O) groups excluding carboxylic acids is 1. The Morgan fingerprint density at radius 1 is 1.00 bits per heavy atom. The fourth-order valence-electron chi connectivity index (χ4n) is 3.09. The number of benzene rings is 1. The minimum Gasteiger partial charge on any atom is -0.294 e. The zero-order chi connectivity index (χ0) is 14.3. The van der Waals surface area contributed by atoms with Gasteiger partial charge in [0.05, 0.1) is 5.92 Å². The van der Waals surface area contributed by atoms with Crippen molar-refractivity contribution in [2.24, 2.45) is 17.3 Å². The van der Waals surface area contributed by atoms with Crippen LogP contribution >= 0.6 is 0 Å². The van der Waals surface area contributed by atoms with Crippen molar-refractivity contribution in [1.82, 2.24) is 0 Å². The topological polar surface area (TPSA) is 17.1 Å². The van der Waals surface area contributed by atoms with E-state index in [9.17, 15) is 4.79 Å². The zero-order valence-corrected chi connectivity index (χ0v) is 12.3. The lowest BCUT2D eigenvalue weighted by atomic mass is 9.76. The summed E-state index contributed by atoms with van der Waals surface area (Å²) in [6, 6.07) is 10.2. The van der Waals surface area contributed by atoms with Gasteiger partial charge in [-0.05, 0) is 28.2 Å². The predicted molar refractivity (Wildman–Crippen MR) is 83.1 cm³/mol. The lowest BCUT2D eigenvalue weighted by molar-refractivity contribution is -0.116. The van der Waals surface area contributed by atoms with Crippen molar-refractivity contribution in [2.45, 2.75) is 20.8 Å². The summed E-state index contributed by atoms with van der Waals surface area (Å²) in [5, 5.41) is 0. The van der Waals surface area contributed by atoms with E-state index in [1.54, 1.807) is 0 Å². The molecule has 2 unspecified atom stereocenters. The molecule has 0 spiro atoms. The Morgan fingerprint density at radius 3 is 2.30 bits per heavy atom. The monoisotopic (exact) mass is 264 g/mol. The number of allylic oxidation sites excluding steroid dienone is 6. The van der Waals surface area contributed by atoms with E-state index in [0.29, 0.717) is 0 Å². The summed E-state index contributed by atoms with van der Waals surface area (Å²) in [7, 11) is 0. The average Bonchev–Trinajstić information content (AvgIpc) is 2.68. The molecule has 102 valence electrons. The molecular formula is C19H20O. The summed E-state index contributed by atoms with van der Waals surface area (Å²) in [5.74, 6) is 0.440. The van der Waals surface area contributed by atoms with Gasteiger partial charge < -0.3 is 0 Å². The van der Waals surface area contributed by atoms with E-state index in [4.69, 9.17) is 0 Å². The SMILES string of the molecule is CC(C)(C)C=C1C2C=CC1C(c1ccccc1)=CC2=O. The van der Waals surface area contributed by atoms with Crippen molar-refractivity contribution < 1.29 is 4.79 Å². The maximum atomic E-state index is 12.4. The Bertz CT molecular complexity index is 623. The summed E-state index contributed by atoms with van der Waals surface area (Å²) >= 11 is 0. The van der Waals surface area contributed by atoms with Crippen LogP contribution in [0, 0.1) is 17.3 Å². The van der Waals surface area contributed by atoms with Crippen LogP contribution in [0.15, 0.2) is 60.2 Å². The van der Waals surface area contributed by atoms with Crippen LogP contribution < -0.4 is 0 Å². The van der Waals surface area contributed by atoms with E-state index < -0.39 is 0 Å². The van der Waals surface area contributed by atoms with E-state index >= 15 is 0 Å². The number of hydrogen-bond acceptors (Lipinski definition) is 1. The maximum absolute atomic E-state index is 12.4. The van der Waals surface area contributed by atoms with Crippen LogP contribution in [0.4, 0.5) is 0 Å². The molecule has 2 atom stereocenters. The molecule has 2 aliphatic carbocycles. The summed E-state index contributed by atoms with van der Waals surface area (Å²) in [6.07, 6.45) is 8.36. The third-order valence-electron chi connectivity index (χ3n) is 3.86. The summed E-state index contributed by atoms with van der Waals surface area (Å²) in [4.78, 5) is 12.4. The first-order valence-electron chi connectivity index (χ1n) is 7.17. The lowest BCUT2D eigenvalue weighted by Crippen LogP contribution is -2.21. The maximum Gasteiger partial charge on any atom is 0.166 e. The van der Waals surface area contributed by atoms with Crippen LogP contribution in [0.5, 0.6) is 0 Å². The molecule has 1 aromatic rings. The van der Waals surface area contributed by atoms with Crippen molar-refractivity contribution in [2.75, 3.05) is 0 Å². The van der Waals surface area contributed by atoms with Crippen LogP contribution in [-0.4, -0.2) is 5.78 Å². The summed E-state index contributed by atoms with van der Waals surface area (Å²) < 4.78 is 0. The number of rotatable bonds is 1. The average molecular weight is 264 g/mol. The Labute approximate surface area is 120 Å². The van der Waals surface area contributed by atoms with Gasteiger partial charge in [0, 0.05) is 5.92 Å². The molecule has 0 saturated carbocycles. The highest BCUT2D eigenvalue weighted by atomic mass is 16.1. The van der Waals surface area contributed by atoms with Gasteiger partial charge in [0.2, 0.25) is 0 Å². The molecule has 0 saturated heterocycles. The largest absolute Gasteiger partial charge is 0.294 e. The second-order valence-corrected chi connectivity index (χ2v) is 6.72. The van der Waals surface area contributed by atoms with E-state index in [2.05, 4.69) is 51.1 Å². The summed E-state index contributed by atoms with van der Waals surface area (Å²) in [5.41, 5.74) is 3.63. The van der Waals surface area contributed by atoms with Gasteiger partial charge in [-0.2, -0.15) is 0 Å². The second-order valence-electron chi connectivity index (χ2n) is 6.72. The van der Waals surface area contributed by atoms with Gasteiger partial charge in [0.15, 0.2) is 5.78 Å². The molecular weight excluding hydrogens is 244 g/mol. The highest BCUT2D eigenvalue weighted by Crippen LogP contribution is 2.45. The molecule has 0 N–H and O–H groups in total. The van der Waals surface area contributed by atoms with Gasteiger partial charge in [-0.1, -0.05) is 69.3 Å². The number of fused-ring (bicyclic) bond motifs is 2. The fraction of sp³-hybridized carbons (Fsp3) is 0.316. The molecule has 1 aromatic carbocycles. The predicted octanol–water partition coefficient (Wildman–Crippen LogP) is 4.43. The quantitative estimate of drug-likeness (QED) is 0.686. The van der Waals surface area contributed by atoms with E-state index in [-0.39, 0.29) is 23.0 Å². The van der Waals surface area contributed by atoms with E-state index in [1.807, 2.05) is 24.3 Å². The highest BCUT2D eigenvalue weighted by molar-refractivity contribution is 6.06. The molecule has 0 radical (unpaired) electrons. The van der Waals surface area contributed by atoms with Gasteiger partial charge in [-0.3, -0.25) is 4.79 Å². The Balaban J connectivity index is 2.09. The van der Waals surface area contributed by atoms with Crippen molar-refractivity contribution in [3.05, 3.63) is 65.8 Å². The van der Waals surface area contributed by atoms with Crippen LogP contribution in [0.1, 0.15) is 26.3 Å². The molecule has 1 heteroatoms. The van der Waals surface area contributed by atoms with Crippen LogP contribution in [0.3, 0.4) is 0 Å². The first-order chi connectivity index (χ1) is 9.46. The zero-order valence-electron chi connectivity index (χ0n) is 12.3. The Kier molecular flexibility index (Phi) is 3.01. The first kappa shape index (κ1) is 13.1. The third kappa shape index (κ3) is 2.29. The first-order valence-corrected chi connectivity index (χ1v) is 7.17. The van der Waals surface area contributed by atoms with Crippen LogP contribution in [0.2, 0.25) is 0 Å². The standard InChI is InChI=1S/C19H20O/c1-19(2,3)12-17-14-9-10-15(17)18(20)11-16(14)13-7-5-4-6-8-13/h4-12,14-15H,1-3H3. The van der Waals surface area contributed by atoms with Crippen LogP contribution in [-0.2, 0) is 4.79 Å². The van der Waals surface area contributed by atoms with Gasteiger partial charge >= 0.3 is 0 Å². The van der Waals surface area contributed by atoms with E-state index in [0.717, 1.165) is 11.1 Å². The number of ketones is 1. The molecule has 0 heterocycles. The fourth-order valence-corrected chi connectivity index (χ4v) is 3.09. The molecule has 2 bridgehead atoms. The lowest BCUT2D eigenvalue weighted by Gasteiger charge is -2.27. The molecule has 20 heavy (non-hydrogen) atoms.